The van der Waals surface area contributed by atoms with Gasteiger partial charge in [-0.05, 0) is 13.0 Å². The number of carbonyl (C=O) groups excluding carboxylic acids is 2. The molecule has 0 spiro atoms. The van der Waals surface area contributed by atoms with E-state index in [0.29, 0.717) is 5.56 Å². The van der Waals surface area contributed by atoms with E-state index in [-0.39, 0.29) is 17.0 Å². The molecule has 6 nitrogen and oxygen atoms in total. The molecule has 2 aromatic rings. The van der Waals surface area contributed by atoms with Crippen LogP contribution in [-0.2, 0) is 4.74 Å². The summed E-state index contributed by atoms with van der Waals surface area (Å²) in [5.74, 6) is -1.26. The van der Waals surface area contributed by atoms with Gasteiger partial charge in [-0.3, -0.25) is 14.9 Å². The van der Waals surface area contributed by atoms with Gasteiger partial charge in [-0.15, -0.1) is 0 Å². The molecule has 2 rings (SSSR count). The summed E-state index contributed by atoms with van der Waals surface area (Å²) in [4.78, 5) is 34.0. The molecule has 0 amide bonds. The van der Waals surface area contributed by atoms with Gasteiger partial charge >= 0.3 is 5.97 Å². The normalized spacial score (nSPS) is 10.0. The number of benzene rings is 2. The molecule has 0 radical (unpaired) electrons. The molecule has 112 valence electrons. The second kappa shape index (κ2) is 6.62. The highest BCUT2D eigenvalue weighted by Crippen LogP contribution is 2.18. The quantitative estimate of drug-likeness (QED) is 0.366. The number of para-hydroxylation sites is 1. The number of hydrogen-bond donors (Lipinski definition) is 0. The lowest BCUT2D eigenvalue weighted by Gasteiger charge is -2.05. The summed E-state index contributed by atoms with van der Waals surface area (Å²) in [7, 11) is 0. The zero-order chi connectivity index (χ0) is 16.1. The van der Waals surface area contributed by atoms with Crippen LogP contribution in [0.2, 0.25) is 0 Å². The van der Waals surface area contributed by atoms with Crippen LogP contribution in [-0.4, -0.2) is 23.3 Å². The van der Waals surface area contributed by atoms with Crippen molar-refractivity contribution < 1.29 is 19.2 Å². The van der Waals surface area contributed by atoms with Crippen LogP contribution in [0.4, 0.5) is 5.69 Å². The average molecular weight is 299 g/mol. The second-order valence-corrected chi connectivity index (χ2v) is 4.64. The van der Waals surface area contributed by atoms with Gasteiger partial charge in [-0.1, -0.05) is 42.0 Å². The number of carbonyl (C=O) groups is 2. The molecule has 0 heterocycles. The minimum Gasteiger partial charge on any atom is -0.454 e. The van der Waals surface area contributed by atoms with Crippen molar-refractivity contribution in [2.75, 3.05) is 6.61 Å². The van der Waals surface area contributed by atoms with Crippen LogP contribution in [0.1, 0.15) is 26.3 Å². The van der Waals surface area contributed by atoms with E-state index < -0.39 is 17.5 Å². The van der Waals surface area contributed by atoms with E-state index in [1.54, 1.807) is 24.3 Å². The van der Waals surface area contributed by atoms with Crippen molar-refractivity contribution in [2.24, 2.45) is 0 Å². The Balaban J connectivity index is 2.06. The Kier molecular flexibility index (Phi) is 4.63. The minimum absolute atomic E-state index is 0.177. The number of nitro groups is 1. The molecule has 0 unspecified atom stereocenters. The van der Waals surface area contributed by atoms with Crippen LogP contribution in [0, 0.1) is 17.0 Å². The Morgan fingerprint density at radius 2 is 1.73 bits per heavy atom. The molecule has 0 saturated carbocycles. The maximum absolute atomic E-state index is 11.9. The fourth-order valence-corrected chi connectivity index (χ4v) is 1.84. The lowest BCUT2D eigenvalue weighted by molar-refractivity contribution is -0.385. The first-order chi connectivity index (χ1) is 10.5. The first-order valence-corrected chi connectivity index (χ1v) is 6.49. The van der Waals surface area contributed by atoms with E-state index >= 15 is 0 Å². The monoisotopic (exact) mass is 299 g/mol. The maximum Gasteiger partial charge on any atom is 0.345 e. The highest BCUT2D eigenvalue weighted by molar-refractivity contribution is 6.00. The Morgan fingerprint density at radius 3 is 2.36 bits per heavy atom. The Morgan fingerprint density at radius 1 is 1.09 bits per heavy atom. The Hall–Kier alpha value is -3.02. The lowest BCUT2D eigenvalue weighted by Crippen LogP contribution is -2.15. The first kappa shape index (κ1) is 15.4. The van der Waals surface area contributed by atoms with Crippen LogP contribution < -0.4 is 0 Å². The van der Waals surface area contributed by atoms with Crippen molar-refractivity contribution in [3.05, 3.63) is 75.3 Å². The van der Waals surface area contributed by atoms with Gasteiger partial charge in [0.05, 0.1) is 4.92 Å². The summed E-state index contributed by atoms with van der Waals surface area (Å²) >= 11 is 0. The van der Waals surface area contributed by atoms with Crippen LogP contribution in [0.5, 0.6) is 0 Å². The van der Waals surface area contributed by atoms with Crippen LogP contribution in [0.3, 0.4) is 0 Å². The third kappa shape index (κ3) is 3.54. The van der Waals surface area contributed by atoms with Gasteiger partial charge in [-0.2, -0.15) is 0 Å². The number of aryl methyl sites for hydroxylation is 1. The van der Waals surface area contributed by atoms with E-state index in [4.69, 9.17) is 4.74 Å². The number of rotatable bonds is 5. The van der Waals surface area contributed by atoms with Crippen molar-refractivity contribution in [3.63, 3.8) is 0 Å². The summed E-state index contributed by atoms with van der Waals surface area (Å²) in [5.41, 5.74) is 0.897. The molecule has 0 atom stereocenters. The second-order valence-electron chi connectivity index (χ2n) is 4.64. The molecule has 0 aliphatic carbocycles. The maximum atomic E-state index is 11.9. The molecule has 0 saturated heterocycles. The van der Waals surface area contributed by atoms with Crippen molar-refractivity contribution in [1.82, 2.24) is 0 Å². The predicted octanol–water partition coefficient (Wildman–Crippen LogP) is 2.94. The SMILES string of the molecule is Cc1ccc(C(=O)COC(=O)c2ccccc2[N+](=O)[O-])cc1. The number of nitro benzene ring substituents is 1. The van der Waals surface area contributed by atoms with Crippen molar-refractivity contribution >= 4 is 17.4 Å². The third-order valence-corrected chi connectivity index (χ3v) is 3.03. The van der Waals surface area contributed by atoms with Gasteiger partial charge in [0.15, 0.2) is 12.4 Å². The molecular formula is C16H13NO5. The van der Waals surface area contributed by atoms with Gasteiger partial charge in [0.2, 0.25) is 0 Å². The highest BCUT2D eigenvalue weighted by Gasteiger charge is 2.21. The first-order valence-electron chi connectivity index (χ1n) is 6.49. The van der Waals surface area contributed by atoms with Crippen LogP contribution in [0.25, 0.3) is 0 Å². The Labute approximate surface area is 126 Å². The number of esters is 1. The smallest absolute Gasteiger partial charge is 0.345 e. The van der Waals surface area contributed by atoms with E-state index in [2.05, 4.69) is 0 Å². The Bertz CT molecular complexity index is 722. The predicted molar refractivity (Wildman–Crippen MR) is 78.9 cm³/mol. The van der Waals surface area contributed by atoms with Crippen molar-refractivity contribution in [2.45, 2.75) is 6.92 Å². The number of hydrogen-bond acceptors (Lipinski definition) is 5. The molecule has 2 aromatic carbocycles. The van der Waals surface area contributed by atoms with Gasteiger partial charge in [0, 0.05) is 11.6 Å². The summed E-state index contributed by atoms with van der Waals surface area (Å²) in [6, 6.07) is 12.3. The highest BCUT2D eigenvalue weighted by atomic mass is 16.6. The van der Waals surface area contributed by atoms with Crippen LogP contribution in [0.15, 0.2) is 48.5 Å². The standard InChI is InChI=1S/C16H13NO5/c1-11-6-8-12(9-7-11)15(18)10-22-16(19)13-4-2-3-5-14(13)17(20)21/h2-9H,10H2,1H3. The van der Waals surface area contributed by atoms with Gasteiger partial charge in [-0.25, -0.2) is 4.79 Å². The summed E-state index contributed by atoms with van der Waals surface area (Å²) in [6.07, 6.45) is 0. The molecule has 0 aliphatic rings. The third-order valence-electron chi connectivity index (χ3n) is 3.03. The lowest BCUT2D eigenvalue weighted by atomic mass is 10.1. The molecule has 0 fully saturated rings. The fourth-order valence-electron chi connectivity index (χ4n) is 1.84. The average Bonchev–Trinajstić information content (AvgIpc) is 2.53. The van der Waals surface area contributed by atoms with Crippen molar-refractivity contribution in [1.29, 1.82) is 0 Å². The fraction of sp³-hybridized carbons (Fsp3) is 0.125. The van der Waals surface area contributed by atoms with E-state index in [1.165, 1.54) is 24.3 Å². The van der Waals surface area contributed by atoms with Gasteiger partial charge in [0.1, 0.15) is 5.56 Å². The van der Waals surface area contributed by atoms with Crippen molar-refractivity contribution in [3.8, 4) is 0 Å². The summed E-state index contributed by atoms with van der Waals surface area (Å²) in [6.45, 7) is 1.43. The van der Waals surface area contributed by atoms with Gasteiger partial charge < -0.3 is 4.74 Å². The zero-order valence-corrected chi connectivity index (χ0v) is 11.8. The van der Waals surface area contributed by atoms with E-state index in [1.807, 2.05) is 6.92 Å². The number of nitrogens with zero attached hydrogens (tertiary/aromatic N) is 1. The summed E-state index contributed by atoms with van der Waals surface area (Å²) < 4.78 is 4.87. The number of ketones is 1. The van der Waals surface area contributed by atoms with E-state index in [9.17, 15) is 19.7 Å². The molecule has 0 aromatic heterocycles. The largest absolute Gasteiger partial charge is 0.454 e. The number of Topliss-reactive ketones (excluding diaryl/α,β-unsaturated/α-hetero) is 1. The zero-order valence-electron chi connectivity index (χ0n) is 11.8. The number of ether oxygens (including phenoxy) is 1. The molecule has 22 heavy (non-hydrogen) atoms. The van der Waals surface area contributed by atoms with E-state index in [0.717, 1.165) is 5.56 Å². The minimum atomic E-state index is -0.896. The molecule has 0 N–H and O–H groups in total. The molecule has 6 heteroatoms. The van der Waals surface area contributed by atoms with Crippen LogP contribution >= 0.6 is 0 Å². The summed E-state index contributed by atoms with van der Waals surface area (Å²) in [5, 5.41) is 10.8. The molecular weight excluding hydrogens is 286 g/mol. The topological polar surface area (TPSA) is 86.5 Å². The van der Waals surface area contributed by atoms with Gasteiger partial charge in [0.25, 0.3) is 5.69 Å². The molecule has 0 bridgehead atoms. The molecule has 0 aliphatic heterocycles.